The van der Waals surface area contributed by atoms with Crippen molar-refractivity contribution in [1.29, 1.82) is 0 Å². The number of ether oxygens (including phenoxy) is 1. The van der Waals surface area contributed by atoms with Crippen LogP contribution in [0, 0.1) is 9.39 Å². The number of aromatic nitrogens is 2. The Morgan fingerprint density at radius 1 is 1.38 bits per heavy atom. The van der Waals surface area contributed by atoms with Crippen LogP contribution in [0.5, 0.6) is 0 Å². The molecule has 0 atom stereocenters. The molecule has 0 saturated carbocycles. The first-order valence-corrected chi connectivity index (χ1v) is 11.6. The lowest BCUT2D eigenvalue weighted by atomic mass is 10.3. The van der Waals surface area contributed by atoms with Crippen molar-refractivity contribution in [1.82, 2.24) is 9.13 Å². The fourth-order valence-corrected chi connectivity index (χ4v) is 3.83. The molecule has 0 N–H and O–H groups in total. The van der Waals surface area contributed by atoms with Gasteiger partial charge in [-0.25, -0.2) is 4.39 Å². The van der Waals surface area contributed by atoms with Gasteiger partial charge in [0.2, 0.25) is 0 Å². The first kappa shape index (κ1) is 16.7. The summed E-state index contributed by atoms with van der Waals surface area (Å²) in [5.74, 6) is -0.733. The summed E-state index contributed by atoms with van der Waals surface area (Å²) in [5.41, 5.74) is 0.834. The van der Waals surface area contributed by atoms with Crippen LogP contribution in [-0.2, 0) is 18.5 Å². The number of aryl methyl sites for hydroxylation is 1. The molecule has 0 amide bonds. The first-order chi connectivity index (χ1) is 9.70. The van der Waals surface area contributed by atoms with Gasteiger partial charge in [-0.05, 0) is 28.6 Å². The van der Waals surface area contributed by atoms with Crippen LogP contribution in [0.15, 0.2) is 17.1 Å². The highest BCUT2D eigenvalue weighted by Gasteiger charge is 2.15. The van der Waals surface area contributed by atoms with E-state index < -0.39 is 19.5 Å². The van der Waals surface area contributed by atoms with Crippen molar-refractivity contribution >= 4 is 41.7 Å². The van der Waals surface area contributed by atoms with E-state index in [1.807, 2.05) is 10.8 Å². The normalized spacial score (nSPS) is 12.3. The van der Waals surface area contributed by atoms with Crippen molar-refractivity contribution in [2.75, 3.05) is 6.61 Å². The van der Waals surface area contributed by atoms with E-state index >= 15 is 0 Å². The third-order valence-electron chi connectivity index (χ3n) is 3.38. The number of pyridine rings is 1. The lowest BCUT2D eigenvalue weighted by molar-refractivity contribution is 0.0901. The minimum absolute atomic E-state index is 0.377. The monoisotopic (exact) mass is 422 g/mol. The van der Waals surface area contributed by atoms with Gasteiger partial charge >= 0.3 is 0 Å². The molecule has 0 aliphatic rings. The van der Waals surface area contributed by atoms with Crippen molar-refractivity contribution in [3.63, 3.8) is 0 Å². The second kappa shape index (κ2) is 6.21. The van der Waals surface area contributed by atoms with Crippen molar-refractivity contribution < 1.29 is 9.13 Å². The highest BCUT2D eigenvalue weighted by Crippen LogP contribution is 2.22. The van der Waals surface area contributed by atoms with Crippen molar-refractivity contribution in [3.05, 3.63) is 32.0 Å². The molecular weight excluding hydrogens is 402 g/mol. The van der Waals surface area contributed by atoms with Gasteiger partial charge in [-0.1, -0.05) is 19.6 Å². The standard InChI is InChI=1S/C14H20FIN2O2Si/c1-17-13-11(16)8-18(9-20-5-6-21(2,3)4)12(13)7-10(15)14(17)19/h7-8H,5-6,9H2,1-4H3. The van der Waals surface area contributed by atoms with Gasteiger partial charge < -0.3 is 13.9 Å². The summed E-state index contributed by atoms with van der Waals surface area (Å²) in [4.78, 5) is 11.7. The molecule has 0 saturated heterocycles. The van der Waals surface area contributed by atoms with Gasteiger partial charge in [0.25, 0.3) is 5.56 Å². The van der Waals surface area contributed by atoms with Gasteiger partial charge in [0.1, 0.15) is 6.73 Å². The lowest BCUT2D eigenvalue weighted by Gasteiger charge is -2.15. The molecular formula is C14H20FIN2O2Si. The molecule has 116 valence electrons. The van der Waals surface area contributed by atoms with Gasteiger partial charge in [-0.3, -0.25) is 4.79 Å². The number of nitrogens with zero attached hydrogens (tertiary/aromatic N) is 2. The molecule has 0 unspecified atom stereocenters. The van der Waals surface area contributed by atoms with Gasteiger partial charge in [-0.15, -0.1) is 0 Å². The molecule has 7 heteroatoms. The highest BCUT2D eigenvalue weighted by atomic mass is 127. The van der Waals surface area contributed by atoms with Gasteiger partial charge in [-0.2, -0.15) is 0 Å². The topological polar surface area (TPSA) is 36.2 Å². The summed E-state index contributed by atoms with van der Waals surface area (Å²) in [6.07, 6.45) is 1.89. The Balaban J connectivity index is 2.24. The van der Waals surface area contributed by atoms with Crippen molar-refractivity contribution in [2.24, 2.45) is 7.05 Å². The van der Waals surface area contributed by atoms with E-state index in [1.165, 1.54) is 10.6 Å². The van der Waals surface area contributed by atoms with Crippen molar-refractivity contribution in [2.45, 2.75) is 32.4 Å². The molecule has 21 heavy (non-hydrogen) atoms. The fourth-order valence-electron chi connectivity index (χ4n) is 2.10. The maximum Gasteiger partial charge on any atom is 0.286 e. The average molecular weight is 422 g/mol. The minimum atomic E-state index is -1.11. The van der Waals surface area contributed by atoms with Crippen LogP contribution in [0.1, 0.15) is 0 Å². The van der Waals surface area contributed by atoms with E-state index in [4.69, 9.17) is 4.74 Å². The van der Waals surface area contributed by atoms with Gasteiger partial charge in [0, 0.05) is 34.0 Å². The summed E-state index contributed by atoms with van der Waals surface area (Å²) < 4.78 is 23.5. The molecule has 2 rings (SSSR count). The molecule has 4 nitrogen and oxygen atoms in total. The third kappa shape index (κ3) is 3.75. The van der Waals surface area contributed by atoms with E-state index in [9.17, 15) is 9.18 Å². The maximum absolute atomic E-state index is 13.7. The Hall–Kier alpha value is -0.673. The zero-order valence-corrected chi connectivity index (χ0v) is 15.9. The largest absolute Gasteiger partial charge is 0.361 e. The van der Waals surface area contributed by atoms with E-state index in [1.54, 1.807) is 7.05 Å². The van der Waals surface area contributed by atoms with Crippen LogP contribution in [0.4, 0.5) is 4.39 Å². The quantitative estimate of drug-likeness (QED) is 0.421. The SMILES string of the molecule is Cn1c(=O)c(F)cc2c1c(I)cn2COCC[Si](C)(C)C. The van der Waals surface area contributed by atoms with Gasteiger partial charge in [0.05, 0.1) is 14.6 Å². The Morgan fingerprint density at radius 2 is 2.05 bits per heavy atom. The van der Waals surface area contributed by atoms with Crippen LogP contribution in [0.2, 0.25) is 25.7 Å². The molecule has 0 aliphatic carbocycles. The molecule has 0 spiro atoms. The summed E-state index contributed by atoms with van der Waals surface area (Å²) in [6, 6.07) is 2.39. The number of hydrogen-bond acceptors (Lipinski definition) is 2. The summed E-state index contributed by atoms with van der Waals surface area (Å²) >= 11 is 2.16. The molecule has 2 heterocycles. The number of halogens is 2. The first-order valence-electron chi connectivity index (χ1n) is 6.82. The zero-order chi connectivity index (χ0) is 15.8. The Bertz CT molecular complexity index is 718. The van der Waals surface area contributed by atoms with Crippen LogP contribution in [0.25, 0.3) is 11.0 Å². The van der Waals surface area contributed by atoms with Crippen LogP contribution < -0.4 is 5.56 Å². The lowest BCUT2D eigenvalue weighted by Crippen LogP contribution is -2.22. The predicted octanol–water partition coefficient (Wildman–Crippen LogP) is 3.40. The Labute approximate surface area is 138 Å². The smallest absolute Gasteiger partial charge is 0.286 e. The maximum atomic E-state index is 13.7. The molecule has 0 radical (unpaired) electrons. The molecule has 2 aromatic heterocycles. The van der Waals surface area contributed by atoms with E-state index in [0.29, 0.717) is 18.9 Å². The minimum Gasteiger partial charge on any atom is -0.361 e. The van der Waals surface area contributed by atoms with E-state index in [2.05, 4.69) is 42.2 Å². The molecule has 0 fully saturated rings. The summed E-state index contributed by atoms with van der Waals surface area (Å²) in [7, 11) is 0.479. The Morgan fingerprint density at radius 3 is 2.67 bits per heavy atom. The third-order valence-corrected chi connectivity index (χ3v) is 5.88. The summed E-state index contributed by atoms with van der Waals surface area (Å²) in [5, 5.41) is 0. The fraction of sp³-hybridized carbons (Fsp3) is 0.500. The van der Waals surface area contributed by atoms with Crippen molar-refractivity contribution in [3.8, 4) is 0 Å². The average Bonchev–Trinajstić information content (AvgIpc) is 2.67. The zero-order valence-electron chi connectivity index (χ0n) is 12.7. The molecule has 0 aliphatic heterocycles. The highest BCUT2D eigenvalue weighted by molar-refractivity contribution is 14.1. The predicted molar refractivity (Wildman–Crippen MR) is 94.0 cm³/mol. The second-order valence-corrected chi connectivity index (χ2v) is 13.2. The molecule has 0 bridgehead atoms. The summed E-state index contributed by atoms with van der Waals surface area (Å²) in [6.45, 7) is 7.99. The van der Waals surface area contributed by atoms with Crippen LogP contribution in [-0.4, -0.2) is 23.8 Å². The van der Waals surface area contributed by atoms with Crippen LogP contribution >= 0.6 is 22.6 Å². The van der Waals surface area contributed by atoms with Crippen LogP contribution in [0.3, 0.4) is 0 Å². The number of rotatable bonds is 5. The van der Waals surface area contributed by atoms with E-state index in [0.717, 1.165) is 15.1 Å². The Kier molecular flexibility index (Phi) is 4.94. The molecule has 2 aromatic rings. The molecule has 0 aromatic carbocycles. The second-order valence-electron chi connectivity index (χ2n) is 6.39. The number of fused-ring (bicyclic) bond motifs is 1. The van der Waals surface area contributed by atoms with Gasteiger partial charge in [0.15, 0.2) is 5.82 Å². The van der Waals surface area contributed by atoms with E-state index in [-0.39, 0.29) is 0 Å². The number of hydrogen-bond donors (Lipinski definition) is 0.